The third-order valence-electron chi connectivity index (χ3n) is 3.32. The molecule has 0 heterocycles. The van der Waals surface area contributed by atoms with Crippen molar-refractivity contribution >= 4 is 0 Å². The first-order chi connectivity index (χ1) is 7.66. The summed E-state index contributed by atoms with van der Waals surface area (Å²) in [6, 6.07) is 4.10. The van der Waals surface area contributed by atoms with E-state index in [4.69, 9.17) is 0 Å². The van der Waals surface area contributed by atoms with Gasteiger partial charge in [0.1, 0.15) is 0 Å². The predicted octanol–water partition coefficient (Wildman–Crippen LogP) is 3.06. The Bertz CT molecular complexity index is 361. The molecule has 1 saturated carbocycles. The van der Waals surface area contributed by atoms with Gasteiger partial charge in [0.2, 0.25) is 0 Å². The van der Waals surface area contributed by atoms with Gasteiger partial charge in [0, 0.05) is 6.42 Å². The summed E-state index contributed by atoms with van der Waals surface area (Å²) in [6.45, 7) is 0. The summed E-state index contributed by atoms with van der Waals surface area (Å²) in [5.74, 6) is -1.09. The van der Waals surface area contributed by atoms with Crippen molar-refractivity contribution in [2.75, 3.05) is 0 Å². The van der Waals surface area contributed by atoms with Gasteiger partial charge >= 0.3 is 0 Å². The van der Waals surface area contributed by atoms with E-state index < -0.39 is 17.7 Å². The van der Waals surface area contributed by atoms with Crippen LogP contribution in [0.5, 0.6) is 0 Å². The van der Waals surface area contributed by atoms with E-state index in [1.165, 1.54) is 18.6 Å². The topological polar surface area (TPSA) is 20.2 Å². The van der Waals surface area contributed by atoms with Crippen LogP contribution in [0.3, 0.4) is 0 Å². The zero-order chi connectivity index (χ0) is 11.5. The first kappa shape index (κ1) is 11.5. The molecule has 0 aliphatic heterocycles. The molecule has 88 valence electrons. The number of aliphatic hydroxyl groups is 1. The Balaban J connectivity index is 1.94. The average molecular weight is 226 g/mol. The highest BCUT2D eigenvalue weighted by Gasteiger charge is 2.22. The van der Waals surface area contributed by atoms with Gasteiger partial charge in [-0.15, -0.1) is 0 Å². The van der Waals surface area contributed by atoms with Crippen molar-refractivity contribution in [1.82, 2.24) is 0 Å². The smallest absolute Gasteiger partial charge is 0.162 e. The van der Waals surface area contributed by atoms with Crippen molar-refractivity contribution in [3.8, 4) is 0 Å². The van der Waals surface area contributed by atoms with Crippen LogP contribution in [0.15, 0.2) is 18.2 Å². The van der Waals surface area contributed by atoms with E-state index in [0.29, 0.717) is 12.3 Å². The van der Waals surface area contributed by atoms with Crippen LogP contribution in [0, 0.1) is 17.6 Å². The second-order valence-electron chi connectivity index (χ2n) is 4.60. The number of aliphatic hydroxyl groups excluding tert-OH is 1. The summed E-state index contributed by atoms with van der Waals surface area (Å²) >= 11 is 0. The van der Waals surface area contributed by atoms with Gasteiger partial charge in [-0.2, -0.15) is 0 Å². The Labute approximate surface area is 94.1 Å². The molecule has 1 fully saturated rings. The lowest BCUT2D eigenvalue weighted by molar-refractivity contribution is 0.117. The molecule has 3 heteroatoms. The Morgan fingerprint density at radius 2 is 2.06 bits per heavy atom. The van der Waals surface area contributed by atoms with Gasteiger partial charge in [-0.3, -0.25) is 0 Å². The lowest BCUT2D eigenvalue weighted by Gasteiger charge is -2.27. The van der Waals surface area contributed by atoms with Crippen LogP contribution in [0.2, 0.25) is 0 Å². The molecular formula is C13H16F2O. The number of hydrogen-bond donors (Lipinski definition) is 1. The van der Waals surface area contributed by atoms with E-state index in [-0.39, 0.29) is 12.0 Å². The predicted molar refractivity (Wildman–Crippen MR) is 58.0 cm³/mol. The van der Waals surface area contributed by atoms with Gasteiger partial charge in [0.25, 0.3) is 0 Å². The Hall–Kier alpha value is -0.960. The number of benzene rings is 1. The van der Waals surface area contributed by atoms with Gasteiger partial charge in [-0.05, 0) is 24.0 Å². The third kappa shape index (κ3) is 2.59. The van der Waals surface area contributed by atoms with Crippen LogP contribution in [0.25, 0.3) is 0 Å². The molecule has 1 N–H and O–H groups in total. The lowest BCUT2D eigenvalue weighted by atomic mass is 9.80. The zero-order valence-electron chi connectivity index (χ0n) is 9.13. The summed E-state index contributed by atoms with van der Waals surface area (Å²) in [7, 11) is 0. The first-order valence-corrected chi connectivity index (χ1v) is 5.77. The molecule has 1 nitrogen and oxygen atoms in total. The lowest BCUT2D eigenvalue weighted by Crippen LogP contribution is -2.21. The molecule has 1 atom stereocenters. The minimum Gasteiger partial charge on any atom is -0.393 e. The van der Waals surface area contributed by atoms with Crippen molar-refractivity contribution in [2.24, 2.45) is 5.92 Å². The van der Waals surface area contributed by atoms with Gasteiger partial charge in [-0.25, -0.2) is 8.78 Å². The molecule has 1 unspecified atom stereocenters. The summed E-state index contributed by atoms with van der Waals surface area (Å²) in [6.07, 6.45) is 3.90. The van der Waals surface area contributed by atoms with E-state index in [1.54, 1.807) is 0 Å². The van der Waals surface area contributed by atoms with Gasteiger partial charge < -0.3 is 5.11 Å². The Kier molecular flexibility index (Phi) is 3.54. The van der Waals surface area contributed by atoms with Gasteiger partial charge in [-0.1, -0.05) is 31.4 Å². The van der Waals surface area contributed by atoms with Crippen LogP contribution in [0.1, 0.15) is 31.2 Å². The van der Waals surface area contributed by atoms with E-state index in [9.17, 15) is 13.9 Å². The molecule has 16 heavy (non-hydrogen) atoms. The van der Waals surface area contributed by atoms with E-state index in [2.05, 4.69) is 0 Å². The second kappa shape index (κ2) is 4.91. The Morgan fingerprint density at radius 1 is 1.31 bits per heavy atom. The molecule has 0 radical (unpaired) electrons. The van der Waals surface area contributed by atoms with Crippen LogP contribution in [-0.4, -0.2) is 11.2 Å². The van der Waals surface area contributed by atoms with E-state index >= 15 is 0 Å². The average Bonchev–Trinajstić information content (AvgIpc) is 2.19. The van der Waals surface area contributed by atoms with Crippen LogP contribution in [0.4, 0.5) is 8.78 Å². The molecule has 0 aromatic heterocycles. The van der Waals surface area contributed by atoms with Crippen molar-refractivity contribution in [3.63, 3.8) is 0 Å². The minimum atomic E-state index is -0.839. The van der Waals surface area contributed by atoms with Crippen LogP contribution >= 0.6 is 0 Å². The third-order valence-corrected chi connectivity index (χ3v) is 3.32. The summed E-state index contributed by atoms with van der Waals surface area (Å²) in [5.41, 5.74) is 0.270. The highest BCUT2D eigenvalue weighted by molar-refractivity contribution is 5.19. The van der Waals surface area contributed by atoms with Crippen molar-refractivity contribution in [2.45, 2.75) is 38.2 Å². The molecule has 0 amide bonds. The molecular weight excluding hydrogens is 210 g/mol. The SMILES string of the molecule is OC(Cc1cccc(F)c1F)CC1CCC1. The number of halogens is 2. The first-order valence-electron chi connectivity index (χ1n) is 5.77. The van der Waals surface area contributed by atoms with Crippen molar-refractivity contribution in [3.05, 3.63) is 35.4 Å². The van der Waals surface area contributed by atoms with Crippen LogP contribution in [-0.2, 0) is 6.42 Å². The maximum atomic E-state index is 13.3. The fourth-order valence-corrected chi connectivity index (χ4v) is 2.16. The molecule has 1 aromatic rings. The summed E-state index contributed by atoms with van der Waals surface area (Å²) < 4.78 is 26.2. The summed E-state index contributed by atoms with van der Waals surface area (Å²) in [5, 5.41) is 9.76. The van der Waals surface area contributed by atoms with Crippen molar-refractivity contribution < 1.29 is 13.9 Å². The highest BCUT2D eigenvalue weighted by atomic mass is 19.2. The molecule has 1 aliphatic carbocycles. The monoisotopic (exact) mass is 226 g/mol. The molecule has 0 spiro atoms. The van der Waals surface area contributed by atoms with E-state index in [1.807, 2.05) is 0 Å². The highest BCUT2D eigenvalue weighted by Crippen LogP contribution is 2.31. The van der Waals surface area contributed by atoms with Crippen molar-refractivity contribution in [1.29, 1.82) is 0 Å². The standard InChI is InChI=1S/C13H16F2O/c14-12-6-2-5-10(13(12)15)8-11(16)7-9-3-1-4-9/h2,5-6,9,11,16H,1,3-4,7-8H2. The largest absolute Gasteiger partial charge is 0.393 e. The maximum absolute atomic E-state index is 13.3. The quantitative estimate of drug-likeness (QED) is 0.836. The van der Waals surface area contributed by atoms with Gasteiger partial charge in [0.05, 0.1) is 6.10 Å². The fourth-order valence-electron chi connectivity index (χ4n) is 2.16. The molecule has 1 aromatic carbocycles. The number of hydrogen-bond acceptors (Lipinski definition) is 1. The molecule has 0 saturated heterocycles. The summed E-state index contributed by atoms with van der Waals surface area (Å²) in [4.78, 5) is 0. The molecule has 0 bridgehead atoms. The Morgan fingerprint density at radius 3 is 2.69 bits per heavy atom. The van der Waals surface area contributed by atoms with E-state index in [0.717, 1.165) is 18.9 Å². The normalized spacial score (nSPS) is 18.2. The minimum absolute atomic E-state index is 0.208. The second-order valence-corrected chi connectivity index (χ2v) is 4.60. The maximum Gasteiger partial charge on any atom is 0.162 e. The fraction of sp³-hybridized carbons (Fsp3) is 0.538. The zero-order valence-corrected chi connectivity index (χ0v) is 9.13. The number of rotatable bonds is 4. The van der Waals surface area contributed by atoms with Crippen LogP contribution < -0.4 is 0 Å². The molecule has 1 aliphatic rings. The van der Waals surface area contributed by atoms with Gasteiger partial charge in [0.15, 0.2) is 11.6 Å². The molecule has 2 rings (SSSR count).